The van der Waals surface area contributed by atoms with E-state index in [0.29, 0.717) is 0 Å². The van der Waals surface area contributed by atoms with Gasteiger partial charge in [0.2, 0.25) is 0 Å². The summed E-state index contributed by atoms with van der Waals surface area (Å²) in [5, 5.41) is 16.7. The zero-order chi connectivity index (χ0) is 30.9. The van der Waals surface area contributed by atoms with Gasteiger partial charge in [0.15, 0.2) is 0 Å². The van der Waals surface area contributed by atoms with Gasteiger partial charge in [0.25, 0.3) is 12.1 Å². The highest BCUT2D eigenvalue weighted by atomic mass is 19.4. The Balaban J connectivity index is 7.27. The average Bonchev–Trinajstić information content (AvgIpc) is 2.69. The highest BCUT2D eigenvalue weighted by molar-refractivity contribution is 5.20. The number of aliphatic hydroxyl groups excluding tert-OH is 2. The lowest BCUT2D eigenvalue weighted by Crippen LogP contribution is -2.78. The van der Waals surface area contributed by atoms with E-state index in [2.05, 4.69) is 0 Å². The Morgan fingerprint density at radius 3 is 0.811 bits per heavy atom. The van der Waals surface area contributed by atoms with Gasteiger partial charge in [0, 0.05) is 0 Å². The molecule has 2 unspecified atom stereocenters. The Morgan fingerprint density at radius 1 is 0.405 bits per heavy atom. The van der Waals surface area contributed by atoms with E-state index in [4.69, 9.17) is 10.2 Å². The van der Waals surface area contributed by atoms with E-state index in [-0.39, 0.29) is 0 Å². The summed E-state index contributed by atoms with van der Waals surface area (Å²) in [6, 6.07) is 0. The molecule has 0 spiro atoms. The van der Waals surface area contributed by atoms with Crippen LogP contribution in [-0.4, -0.2) is 88.6 Å². The Kier molecular flexibility index (Phi) is 8.57. The molecule has 0 amide bonds. The second-order valence-corrected chi connectivity index (χ2v) is 6.86. The van der Waals surface area contributed by atoms with E-state index < -0.39 is 78.4 Å². The fraction of sp³-hybridized carbons (Fsp3) is 1.00. The van der Waals surface area contributed by atoms with Crippen LogP contribution in [0.1, 0.15) is 0 Å². The highest BCUT2D eigenvalue weighted by Gasteiger charge is 2.98. The van der Waals surface area contributed by atoms with E-state index in [1.54, 1.807) is 0 Å². The predicted molar refractivity (Wildman–Crippen MR) is 68.6 cm³/mol. The molecule has 0 saturated carbocycles. The molecule has 0 aliphatic heterocycles. The molecule has 2 atom stereocenters. The monoisotopic (exact) mass is 612 g/mol. The van der Waals surface area contributed by atoms with Crippen LogP contribution in [0.4, 0.5) is 96.6 Å². The summed E-state index contributed by atoms with van der Waals surface area (Å²) in [6.07, 6.45) is -18.7. The van der Waals surface area contributed by atoms with Crippen LogP contribution in [0.5, 0.6) is 0 Å². The molecule has 0 aliphatic carbocycles. The van der Waals surface area contributed by atoms with Crippen molar-refractivity contribution in [3.8, 4) is 0 Å². The van der Waals surface area contributed by atoms with Crippen molar-refractivity contribution in [1.29, 1.82) is 0 Å². The zero-order valence-electron chi connectivity index (χ0n) is 16.1. The highest BCUT2D eigenvalue weighted by Crippen LogP contribution is 2.66. The minimum Gasteiger partial charge on any atom is -0.394 e. The Hall–Kier alpha value is -1.62. The second kappa shape index (κ2) is 8.96. The fourth-order valence-electron chi connectivity index (χ4n) is 2.23. The number of hydrogen-bond acceptors (Lipinski definition) is 2. The van der Waals surface area contributed by atoms with Gasteiger partial charge in [-0.3, -0.25) is 0 Å². The van der Waals surface area contributed by atoms with Gasteiger partial charge in [-0.1, -0.05) is 0 Å². The quantitative estimate of drug-likeness (QED) is 0.283. The molecule has 0 radical (unpaired) electrons. The SMILES string of the molecule is OCC(O)C(F)(C(F)F)C(F)(F)C(F)(F)C(F)(F)C(F)(F)C(F)(F)C(F)(F)C(F)(F)C(F)(F)C(F)(F)F. The Bertz CT molecular complexity index is 814. The van der Waals surface area contributed by atoms with Gasteiger partial charge in [0.1, 0.15) is 6.10 Å². The maximum Gasteiger partial charge on any atom is 0.460 e. The first-order valence-corrected chi connectivity index (χ1v) is 8.03. The minimum atomic E-state index is -9.32. The molecule has 0 aliphatic rings. The molecule has 0 bridgehead atoms. The molecule has 0 saturated heterocycles. The molecule has 0 aromatic carbocycles. The number of halogens is 22. The van der Waals surface area contributed by atoms with Gasteiger partial charge in [-0.05, 0) is 0 Å². The molecule has 24 heteroatoms. The van der Waals surface area contributed by atoms with E-state index >= 15 is 0 Å². The van der Waals surface area contributed by atoms with Crippen molar-refractivity contribution in [3.05, 3.63) is 0 Å². The standard InChI is InChI=1S/C13H6F22O2/c14-3(15)4(16,2(37)1-36)5(17,18)6(19,20)7(21,22)8(23,24)9(25,26)10(27,28)11(29,30)12(31,32)13(33,34)35/h2-3,36-37H,1H2. The molecule has 224 valence electrons. The van der Waals surface area contributed by atoms with Gasteiger partial charge < -0.3 is 10.2 Å². The average molecular weight is 612 g/mol. The molecule has 37 heavy (non-hydrogen) atoms. The first-order chi connectivity index (χ1) is 15.7. The molecular formula is C13H6F22O2. The van der Waals surface area contributed by atoms with E-state index in [9.17, 15) is 96.6 Å². The molecule has 0 aromatic rings. The fourth-order valence-corrected chi connectivity index (χ4v) is 2.23. The first kappa shape index (κ1) is 35.4. The van der Waals surface area contributed by atoms with Crippen LogP contribution in [-0.2, 0) is 0 Å². The first-order valence-electron chi connectivity index (χ1n) is 8.03. The molecule has 2 nitrogen and oxygen atoms in total. The van der Waals surface area contributed by atoms with Crippen LogP contribution in [0, 0.1) is 0 Å². The second-order valence-electron chi connectivity index (χ2n) is 6.86. The van der Waals surface area contributed by atoms with Crippen molar-refractivity contribution in [2.75, 3.05) is 6.61 Å². The summed E-state index contributed by atoms with van der Waals surface area (Å²) in [4.78, 5) is 0. The Labute approximate surface area is 186 Å². The lowest BCUT2D eigenvalue weighted by atomic mass is 9.81. The van der Waals surface area contributed by atoms with E-state index in [1.165, 1.54) is 0 Å². The summed E-state index contributed by atoms with van der Waals surface area (Å²) >= 11 is 0. The third-order valence-corrected chi connectivity index (χ3v) is 4.57. The van der Waals surface area contributed by atoms with Gasteiger partial charge >= 0.3 is 53.6 Å². The van der Waals surface area contributed by atoms with Gasteiger partial charge in [-0.25, -0.2) is 13.2 Å². The lowest BCUT2D eigenvalue weighted by Gasteiger charge is -2.46. The summed E-state index contributed by atoms with van der Waals surface area (Å²) < 4.78 is 288. The molecule has 0 aromatic heterocycles. The number of hydrogen-bond donors (Lipinski definition) is 2. The molecule has 0 heterocycles. The summed E-state index contributed by atoms with van der Waals surface area (Å²) in [5.74, 6) is -71.8. The van der Waals surface area contributed by atoms with Crippen LogP contribution in [0.3, 0.4) is 0 Å². The minimum absolute atomic E-state index is 2.87. The third kappa shape index (κ3) is 4.13. The van der Waals surface area contributed by atoms with Crippen molar-refractivity contribution in [3.63, 3.8) is 0 Å². The third-order valence-electron chi connectivity index (χ3n) is 4.57. The lowest BCUT2D eigenvalue weighted by molar-refractivity contribution is -0.474. The van der Waals surface area contributed by atoms with Crippen molar-refractivity contribution in [2.45, 2.75) is 71.8 Å². The van der Waals surface area contributed by atoms with Gasteiger partial charge in [-0.15, -0.1) is 0 Å². The topological polar surface area (TPSA) is 40.5 Å². The maximum atomic E-state index is 13.9. The van der Waals surface area contributed by atoms with Crippen molar-refractivity contribution in [1.82, 2.24) is 0 Å². The summed E-state index contributed by atoms with van der Waals surface area (Å²) in [5.41, 5.74) is -7.05. The molecule has 0 fully saturated rings. The van der Waals surface area contributed by atoms with Gasteiger partial charge in [0.05, 0.1) is 6.61 Å². The van der Waals surface area contributed by atoms with Crippen LogP contribution < -0.4 is 0 Å². The van der Waals surface area contributed by atoms with Gasteiger partial charge in [-0.2, -0.15) is 83.4 Å². The predicted octanol–water partition coefficient (Wildman–Crippen LogP) is 5.96. The Morgan fingerprint density at radius 2 is 0.622 bits per heavy atom. The number of alkyl halides is 22. The van der Waals surface area contributed by atoms with Crippen LogP contribution in [0.15, 0.2) is 0 Å². The maximum absolute atomic E-state index is 13.9. The zero-order valence-corrected chi connectivity index (χ0v) is 16.1. The molecular weight excluding hydrogens is 606 g/mol. The summed E-state index contributed by atoms with van der Waals surface area (Å²) in [7, 11) is 0. The van der Waals surface area contributed by atoms with Crippen molar-refractivity contribution >= 4 is 0 Å². The van der Waals surface area contributed by atoms with E-state index in [1.807, 2.05) is 0 Å². The number of rotatable bonds is 11. The van der Waals surface area contributed by atoms with Crippen LogP contribution in [0.2, 0.25) is 0 Å². The van der Waals surface area contributed by atoms with Crippen LogP contribution >= 0.6 is 0 Å². The number of aliphatic hydroxyl groups is 2. The summed E-state index contributed by atoms with van der Waals surface area (Å²) in [6.45, 7) is -2.87. The molecule has 0 rings (SSSR count). The van der Waals surface area contributed by atoms with Crippen LogP contribution in [0.25, 0.3) is 0 Å². The van der Waals surface area contributed by atoms with E-state index in [0.717, 1.165) is 0 Å². The largest absolute Gasteiger partial charge is 0.460 e. The van der Waals surface area contributed by atoms with Crippen molar-refractivity contribution < 1.29 is 107 Å². The normalized spacial score (nSPS) is 18.7. The smallest absolute Gasteiger partial charge is 0.394 e. The molecule has 2 N–H and O–H groups in total. The van der Waals surface area contributed by atoms with Crippen molar-refractivity contribution in [2.24, 2.45) is 0 Å².